The fourth-order valence-electron chi connectivity index (χ4n) is 4.39. The molecule has 1 saturated heterocycles. The van der Waals surface area contributed by atoms with Gasteiger partial charge in [-0.05, 0) is 60.4 Å². The van der Waals surface area contributed by atoms with Gasteiger partial charge in [0, 0.05) is 31.3 Å². The van der Waals surface area contributed by atoms with Crippen LogP contribution in [0.15, 0.2) is 61.1 Å². The number of β-lactam (4-membered cyclic amide) rings is 1. The van der Waals surface area contributed by atoms with Gasteiger partial charge in [0.15, 0.2) is 11.6 Å². The quantitative estimate of drug-likeness (QED) is 0.473. The molecule has 2 aromatic heterocycles. The lowest BCUT2D eigenvalue weighted by Crippen LogP contribution is -2.70. The van der Waals surface area contributed by atoms with E-state index in [4.69, 9.17) is 5.73 Å². The summed E-state index contributed by atoms with van der Waals surface area (Å²) in [5, 5.41) is 2.69. The second kappa shape index (κ2) is 10.7. The Morgan fingerprint density at radius 3 is 2.49 bits per heavy atom. The van der Waals surface area contributed by atoms with Gasteiger partial charge in [-0.2, -0.15) is 0 Å². The molecule has 1 aliphatic rings. The lowest BCUT2D eigenvalue weighted by Gasteiger charge is -2.46. The lowest BCUT2D eigenvalue weighted by molar-refractivity contribution is -0.156. The number of nitrogens with two attached hydrogens (primary N) is 1. The van der Waals surface area contributed by atoms with Gasteiger partial charge in [-0.3, -0.25) is 19.5 Å². The van der Waals surface area contributed by atoms with Crippen LogP contribution in [0, 0.1) is 17.6 Å². The number of amides is 4. The number of hydrogen-bond acceptors (Lipinski definition) is 6. The topological polar surface area (TPSA) is 122 Å². The number of nitrogens with one attached hydrogen (secondary N) is 1. The monoisotopic (exact) mass is 508 g/mol. The van der Waals surface area contributed by atoms with Crippen molar-refractivity contribution in [2.75, 3.05) is 17.7 Å². The van der Waals surface area contributed by atoms with Gasteiger partial charge in [-0.1, -0.05) is 13.0 Å². The fraction of sp³-hybridized carbons (Fsp3) is 0.269. The number of carbonyl (C=O) groups excluding carboxylic acids is 3. The summed E-state index contributed by atoms with van der Waals surface area (Å²) in [6, 6.07) is 7.31. The number of rotatable bonds is 7. The number of likely N-dealkylation sites (N-methyl/N-ethyl adjacent to an activating group) is 1. The number of aromatic nitrogens is 2. The van der Waals surface area contributed by atoms with E-state index in [-0.39, 0.29) is 12.2 Å². The Hall–Kier alpha value is -4.41. The summed E-state index contributed by atoms with van der Waals surface area (Å²) < 4.78 is 27.2. The van der Waals surface area contributed by atoms with Crippen LogP contribution in [0.1, 0.15) is 30.5 Å². The van der Waals surface area contributed by atoms with Gasteiger partial charge in [-0.25, -0.2) is 18.6 Å². The van der Waals surface area contributed by atoms with E-state index in [2.05, 4.69) is 15.3 Å². The first-order valence-electron chi connectivity index (χ1n) is 11.7. The van der Waals surface area contributed by atoms with Crippen LogP contribution in [-0.4, -0.2) is 45.8 Å². The summed E-state index contributed by atoms with van der Waals surface area (Å²) >= 11 is 0. The summed E-state index contributed by atoms with van der Waals surface area (Å²) in [5.41, 5.74) is 7.34. The molecule has 1 fully saturated rings. The van der Waals surface area contributed by atoms with Crippen molar-refractivity contribution in [1.82, 2.24) is 20.2 Å². The third-order valence-corrected chi connectivity index (χ3v) is 6.42. The highest BCUT2D eigenvalue weighted by Crippen LogP contribution is 2.33. The van der Waals surface area contributed by atoms with Gasteiger partial charge in [-0.15, -0.1) is 0 Å². The highest BCUT2D eigenvalue weighted by molar-refractivity contribution is 6.12. The van der Waals surface area contributed by atoms with Crippen molar-refractivity contribution >= 4 is 29.4 Å². The molecule has 11 heteroatoms. The number of hydrogen-bond donors (Lipinski definition) is 2. The lowest BCUT2D eigenvalue weighted by atomic mass is 9.81. The minimum absolute atomic E-state index is 0.177. The maximum absolute atomic E-state index is 13.8. The van der Waals surface area contributed by atoms with E-state index in [1.54, 1.807) is 38.2 Å². The Balaban J connectivity index is 1.60. The van der Waals surface area contributed by atoms with Crippen molar-refractivity contribution in [3.63, 3.8) is 0 Å². The predicted molar refractivity (Wildman–Crippen MR) is 132 cm³/mol. The summed E-state index contributed by atoms with van der Waals surface area (Å²) in [7, 11) is 1.55. The number of pyridine rings is 2. The van der Waals surface area contributed by atoms with Crippen molar-refractivity contribution in [3.8, 4) is 0 Å². The van der Waals surface area contributed by atoms with Crippen molar-refractivity contribution in [2.45, 2.75) is 31.8 Å². The zero-order chi connectivity index (χ0) is 26.7. The molecule has 1 unspecified atom stereocenters. The normalized spacial score (nSPS) is 17.6. The molecule has 1 aliphatic heterocycles. The molecule has 3 atom stereocenters. The summed E-state index contributed by atoms with van der Waals surface area (Å²) in [6.45, 7) is 1.75. The Bertz CT molecular complexity index is 1320. The van der Waals surface area contributed by atoms with Gasteiger partial charge in [0.1, 0.15) is 11.9 Å². The minimum Gasteiger partial charge on any atom is -0.384 e. The smallest absolute Gasteiger partial charge is 0.325 e. The van der Waals surface area contributed by atoms with Crippen LogP contribution in [0.4, 0.5) is 25.1 Å². The number of urea groups is 1. The largest absolute Gasteiger partial charge is 0.384 e. The molecular formula is C26H26F2N6O3. The van der Waals surface area contributed by atoms with Crippen LogP contribution in [0.25, 0.3) is 0 Å². The van der Waals surface area contributed by atoms with E-state index in [9.17, 15) is 23.2 Å². The fourth-order valence-corrected chi connectivity index (χ4v) is 4.39. The summed E-state index contributed by atoms with van der Waals surface area (Å²) in [5.74, 6) is -3.59. The van der Waals surface area contributed by atoms with E-state index >= 15 is 0 Å². The second-order valence-electron chi connectivity index (χ2n) is 8.74. The van der Waals surface area contributed by atoms with Gasteiger partial charge >= 0.3 is 6.03 Å². The predicted octanol–water partition coefficient (Wildman–Crippen LogP) is 3.23. The van der Waals surface area contributed by atoms with Crippen molar-refractivity contribution < 1.29 is 23.2 Å². The molecule has 0 spiro atoms. The molecule has 192 valence electrons. The molecule has 3 aromatic rings. The van der Waals surface area contributed by atoms with Gasteiger partial charge in [0.2, 0.25) is 5.91 Å². The molecule has 0 bridgehead atoms. The van der Waals surface area contributed by atoms with E-state index in [0.717, 1.165) is 17.0 Å². The third kappa shape index (κ3) is 5.25. The second-order valence-corrected chi connectivity index (χ2v) is 8.74. The first-order chi connectivity index (χ1) is 17.7. The van der Waals surface area contributed by atoms with E-state index in [0.29, 0.717) is 23.2 Å². The number of nitrogens with zero attached hydrogens (tertiary/aromatic N) is 4. The first kappa shape index (κ1) is 25.7. The molecule has 9 nitrogen and oxygen atoms in total. The zero-order valence-electron chi connectivity index (χ0n) is 20.3. The highest BCUT2D eigenvalue weighted by atomic mass is 19.2. The van der Waals surface area contributed by atoms with Crippen molar-refractivity contribution in [3.05, 3.63) is 83.8 Å². The number of halogens is 2. The number of likely N-dealkylation sites (tertiary alicyclic amines) is 1. The van der Waals surface area contributed by atoms with Crippen LogP contribution >= 0.6 is 0 Å². The Labute approximate surface area is 212 Å². The number of nitrogen functional groups attached to an aromatic ring is 1. The van der Waals surface area contributed by atoms with Crippen molar-refractivity contribution in [1.29, 1.82) is 0 Å². The van der Waals surface area contributed by atoms with Crippen LogP contribution < -0.4 is 16.0 Å². The standard InChI is InChI=1S/C26H26F2N6O3/c1-3-21(16-4-5-19(27)20(28)14-16)32-26(37)34-23(25(36)33(2)17-7-9-30-10-8-17)18(24(34)35)12-15-6-11-31-22(29)13-15/h4-11,13-14,18,21,23H,3,12H2,1-2H3,(H2,29,31)(H,32,37)/t18-,21?,23+/m1/s1. The number of imide groups is 1. The third-order valence-electron chi connectivity index (χ3n) is 6.42. The highest BCUT2D eigenvalue weighted by Gasteiger charge is 2.55. The first-order valence-corrected chi connectivity index (χ1v) is 11.7. The average Bonchev–Trinajstić information content (AvgIpc) is 2.90. The maximum Gasteiger partial charge on any atom is 0.325 e. The minimum atomic E-state index is -1.09. The Kier molecular flexibility index (Phi) is 7.42. The van der Waals surface area contributed by atoms with E-state index < -0.39 is 47.5 Å². The van der Waals surface area contributed by atoms with Gasteiger partial charge < -0.3 is 16.0 Å². The molecule has 0 aliphatic carbocycles. The molecule has 3 N–H and O–H groups in total. The molecule has 37 heavy (non-hydrogen) atoms. The number of benzene rings is 1. The maximum atomic E-state index is 13.8. The van der Waals surface area contributed by atoms with Gasteiger partial charge in [0.25, 0.3) is 5.91 Å². The SMILES string of the molecule is CCC(NC(=O)N1C(=O)[C@H](Cc2ccnc(N)c2)[C@H]1C(=O)N(C)c1ccncc1)c1ccc(F)c(F)c1. The molecule has 0 saturated carbocycles. The average molecular weight is 509 g/mol. The Morgan fingerprint density at radius 2 is 1.84 bits per heavy atom. The van der Waals surface area contributed by atoms with E-state index in [1.165, 1.54) is 29.6 Å². The van der Waals surface area contributed by atoms with Crippen LogP contribution in [0.5, 0.6) is 0 Å². The molecule has 0 radical (unpaired) electrons. The van der Waals surface area contributed by atoms with Crippen molar-refractivity contribution in [2.24, 2.45) is 5.92 Å². The summed E-state index contributed by atoms with van der Waals surface area (Å²) in [6.07, 6.45) is 5.08. The zero-order valence-corrected chi connectivity index (χ0v) is 20.3. The van der Waals surface area contributed by atoms with Crippen LogP contribution in [0.3, 0.4) is 0 Å². The molecule has 1 aromatic carbocycles. The number of carbonyl (C=O) groups is 3. The van der Waals surface area contributed by atoms with Crippen LogP contribution in [0.2, 0.25) is 0 Å². The summed E-state index contributed by atoms with van der Waals surface area (Å²) in [4.78, 5) is 50.2. The molecule has 3 heterocycles. The molecule has 4 rings (SSSR count). The van der Waals surface area contributed by atoms with E-state index in [1.807, 2.05) is 0 Å². The Morgan fingerprint density at radius 1 is 1.11 bits per heavy atom. The molecule has 4 amide bonds. The number of anilines is 2. The van der Waals surface area contributed by atoms with Gasteiger partial charge in [0.05, 0.1) is 12.0 Å². The van der Waals surface area contributed by atoms with Crippen LogP contribution in [-0.2, 0) is 16.0 Å². The molecular weight excluding hydrogens is 482 g/mol.